The maximum atomic E-state index is 13.5. The molecule has 2 saturated heterocycles. The van der Waals surface area contributed by atoms with E-state index in [-0.39, 0.29) is 43.9 Å². The number of hydrogen-bond acceptors (Lipinski definition) is 8. The van der Waals surface area contributed by atoms with Crippen LogP contribution in [0.2, 0.25) is 0 Å². The number of aryl methyl sites for hydroxylation is 1. The second kappa shape index (κ2) is 10.9. The summed E-state index contributed by atoms with van der Waals surface area (Å²) >= 11 is 0. The molecule has 1 saturated carbocycles. The Morgan fingerprint density at radius 3 is 2.59 bits per heavy atom. The van der Waals surface area contributed by atoms with Crippen LogP contribution >= 0.6 is 0 Å². The van der Waals surface area contributed by atoms with Crippen molar-refractivity contribution in [2.45, 2.75) is 38.7 Å². The van der Waals surface area contributed by atoms with Gasteiger partial charge in [0, 0.05) is 32.6 Å². The molecule has 2 amide bonds. The maximum absolute atomic E-state index is 13.5. The van der Waals surface area contributed by atoms with Gasteiger partial charge in [0.15, 0.2) is 0 Å². The van der Waals surface area contributed by atoms with Crippen LogP contribution in [-0.4, -0.2) is 86.1 Å². The summed E-state index contributed by atoms with van der Waals surface area (Å²) in [6, 6.07) is 7.59. The summed E-state index contributed by atoms with van der Waals surface area (Å²) in [5.41, 5.74) is 4.00. The van der Waals surface area contributed by atoms with E-state index in [0.717, 1.165) is 16.7 Å². The molecule has 1 aliphatic carbocycles. The summed E-state index contributed by atoms with van der Waals surface area (Å²) < 4.78 is 39.3. The molecule has 1 aromatic rings. The first-order valence-corrected chi connectivity index (χ1v) is 14.9. The number of ether oxygens (including phenoxy) is 2. The molecule has 3 fully saturated rings. The molecule has 4 aliphatic rings. The lowest BCUT2D eigenvalue weighted by Gasteiger charge is -2.33. The van der Waals surface area contributed by atoms with E-state index in [1.165, 1.54) is 4.31 Å². The van der Waals surface area contributed by atoms with E-state index in [9.17, 15) is 23.2 Å². The van der Waals surface area contributed by atoms with E-state index in [1.54, 1.807) is 16.4 Å². The van der Waals surface area contributed by atoms with E-state index in [0.29, 0.717) is 44.7 Å². The number of nitrogens with zero attached hydrogens (tertiary/aromatic N) is 3. The predicted molar refractivity (Wildman–Crippen MR) is 140 cm³/mol. The normalized spacial score (nSPS) is 29.0. The van der Waals surface area contributed by atoms with Crippen molar-refractivity contribution >= 4 is 27.6 Å². The summed E-state index contributed by atoms with van der Waals surface area (Å²) in [6.45, 7) is 4.13. The third-order valence-corrected chi connectivity index (χ3v) is 10.6. The minimum absolute atomic E-state index is 0.0583. The number of sulfonamides is 1. The molecule has 11 nitrogen and oxygen atoms in total. The van der Waals surface area contributed by atoms with Crippen LogP contribution < -0.4 is 5.48 Å². The van der Waals surface area contributed by atoms with Crippen molar-refractivity contribution in [3.05, 3.63) is 41.0 Å². The summed E-state index contributed by atoms with van der Waals surface area (Å²) in [7, 11) is -3.83. The van der Waals surface area contributed by atoms with E-state index >= 15 is 0 Å². The SMILES string of the molecule is Cc1cc(C#N)ccc1C1=CCN(S(=O)(=O)CC2(C(=O)NO)C[C@H]3CN(C(=O)O[C@H]4CCOC4)C[C@H]3C2)CC1. The lowest BCUT2D eigenvalue weighted by atomic mass is 9.86. The molecule has 4 atom stereocenters. The van der Waals surface area contributed by atoms with Crippen LogP contribution in [0.5, 0.6) is 0 Å². The molecule has 5 rings (SSSR count). The number of nitrogens with one attached hydrogen (secondary N) is 1. The van der Waals surface area contributed by atoms with Crippen LogP contribution in [0, 0.1) is 35.5 Å². The number of carbonyl (C=O) groups is 2. The fraction of sp³-hybridized carbons (Fsp3) is 0.593. The van der Waals surface area contributed by atoms with Gasteiger partial charge in [0.25, 0.3) is 5.91 Å². The van der Waals surface area contributed by atoms with E-state index in [1.807, 2.05) is 25.1 Å². The van der Waals surface area contributed by atoms with Gasteiger partial charge in [0.05, 0.1) is 36.0 Å². The Morgan fingerprint density at radius 1 is 1.28 bits per heavy atom. The Bertz CT molecular complexity index is 1300. The van der Waals surface area contributed by atoms with Gasteiger partial charge in [-0.05, 0) is 66.9 Å². The zero-order chi connectivity index (χ0) is 27.8. The number of rotatable bonds is 6. The monoisotopic (exact) mass is 558 g/mol. The molecule has 3 aliphatic heterocycles. The molecule has 0 bridgehead atoms. The lowest BCUT2D eigenvalue weighted by Crippen LogP contribution is -2.48. The molecule has 1 unspecified atom stereocenters. The summed E-state index contributed by atoms with van der Waals surface area (Å²) in [5.74, 6) is -1.21. The highest BCUT2D eigenvalue weighted by molar-refractivity contribution is 7.89. The number of benzene rings is 1. The average Bonchev–Trinajstić information content (AvgIpc) is 3.64. The lowest BCUT2D eigenvalue weighted by molar-refractivity contribution is -0.138. The number of nitriles is 1. The van der Waals surface area contributed by atoms with Crippen molar-refractivity contribution in [2.24, 2.45) is 17.3 Å². The molecule has 0 radical (unpaired) electrons. The first kappa shape index (κ1) is 27.6. The Balaban J connectivity index is 1.25. The smallest absolute Gasteiger partial charge is 0.410 e. The van der Waals surface area contributed by atoms with Crippen LogP contribution in [0.1, 0.15) is 42.4 Å². The molecule has 0 spiro atoms. The number of amides is 2. The van der Waals surface area contributed by atoms with E-state index in [4.69, 9.17) is 14.7 Å². The average molecular weight is 559 g/mol. The van der Waals surface area contributed by atoms with Crippen molar-refractivity contribution < 1.29 is 32.7 Å². The Labute approximate surface area is 228 Å². The van der Waals surface area contributed by atoms with Crippen molar-refractivity contribution in [2.75, 3.05) is 45.1 Å². The molecule has 3 heterocycles. The summed E-state index contributed by atoms with van der Waals surface area (Å²) in [4.78, 5) is 27.1. The minimum Gasteiger partial charge on any atom is -0.444 e. The van der Waals surface area contributed by atoms with Gasteiger partial charge in [0.2, 0.25) is 10.0 Å². The number of carbonyl (C=O) groups excluding carboxylic acids is 2. The van der Waals surface area contributed by atoms with Crippen molar-refractivity contribution in [3.63, 3.8) is 0 Å². The highest BCUT2D eigenvalue weighted by Gasteiger charge is 2.56. The number of hydroxylamine groups is 1. The van der Waals surface area contributed by atoms with Gasteiger partial charge in [-0.15, -0.1) is 0 Å². The predicted octanol–water partition coefficient (Wildman–Crippen LogP) is 2.04. The Hall–Kier alpha value is -2.98. The fourth-order valence-electron chi connectivity index (χ4n) is 6.63. The minimum atomic E-state index is -3.83. The van der Waals surface area contributed by atoms with Gasteiger partial charge < -0.3 is 14.4 Å². The first-order chi connectivity index (χ1) is 18.6. The van der Waals surface area contributed by atoms with Crippen molar-refractivity contribution in [3.8, 4) is 6.07 Å². The molecule has 1 aromatic carbocycles. The van der Waals surface area contributed by atoms with Gasteiger partial charge >= 0.3 is 6.09 Å². The number of fused-ring (bicyclic) bond motifs is 1. The molecule has 0 aromatic heterocycles. The standard InChI is InChI=1S/C27H34N4O7S/c1-18-10-19(13-28)2-3-24(18)20-4-7-31(8-5-20)39(35,36)17-27(25(32)29-34)11-21-14-30(15-22(21)12-27)26(33)38-23-6-9-37-16-23/h2-4,10,21-23,34H,5-9,11-12,14-17H2,1H3,(H,29,32)/t21-,22+,23-,27?/m0/s1. The number of likely N-dealkylation sites (tertiary alicyclic amines) is 1. The first-order valence-electron chi connectivity index (χ1n) is 13.3. The molecular formula is C27H34N4O7S. The van der Waals surface area contributed by atoms with Crippen LogP contribution in [0.4, 0.5) is 4.79 Å². The summed E-state index contributed by atoms with van der Waals surface area (Å²) in [5, 5.41) is 18.6. The fourth-order valence-corrected chi connectivity index (χ4v) is 8.55. The van der Waals surface area contributed by atoms with Crippen molar-refractivity contribution in [1.82, 2.24) is 14.7 Å². The van der Waals surface area contributed by atoms with Gasteiger partial charge in [-0.2, -0.15) is 9.57 Å². The maximum Gasteiger partial charge on any atom is 0.410 e. The summed E-state index contributed by atoms with van der Waals surface area (Å²) in [6.07, 6.45) is 2.94. The van der Waals surface area contributed by atoms with E-state index < -0.39 is 33.2 Å². The third kappa shape index (κ3) is 5.54. The third-order valence-electron chi connectivity index (χ3n) is 8.60. The van der Waals surface area contributed by atoms with Crippen molar-refractivity contribution in [1.29, 1.82) is 5.26 Å². The zero-order valence-corrected chi connectivity index (χ0v) is 22.8. The van der Waals surface area contributed by atoms with Crippen LogP contribution in [0.15, 0.2) is 24.3 Å². The molecule has 12 heteroatoms. The van der Waals surface area contributed by atoms with Crippen LogP contribution in [0.25, 0.3) is 5.57 Å². The number of hydrogen-bond donors (Lipinski definition) is 2. The second-order valence-corrected chi connectivity index (χ2v) is 13.1. The van der Waals surface area contributed by atoms with Crippen LogP contribution in [0.3, 0.4) is 0 Å². The molecule has 210 valence electrons. The second-order valence-electron chi connectivity index (χ2n) is 11.2. The van der Waals surface area contributed by atoms with Gasteiger partial charge in [-0.1, -0.05) is 12.1 Å². The largest absolute Gasteiger partial charge is 0.444 e. The molecular weight excluding hydrogens is 524 g/mol. The molecule has 39 heavy (non-hydrogen) atoms. The zero-order valence-electron chi connectivity index (χ0n) is 22.0. The van der Waals surface area contributed by atoms with Gasteiger partial charge in [0.1, 0.15) is 6.10 Å². The Morgan fingerprint density at radius 2 is 2.03 bits per heavy atom. The Kier molecular flexibility index (Phi) is 7.70. The topological polar surface area (TPSA) is 149 Å². The van der Waals surface area contributed by atoms with Gasteiger partial charge in [-0.3, -0.25) is 10.0 Å². The highest BCUT2D eigenvalue weighted by atomic mass is 32.2. The van der Waals surface area contributed by atoms with Crippen LogP contribution in [-0.2, 0) is 24.3 Å². The molecule has 2 N–H and O–H groups in total. The van der Waals surface area contributed by atoms with Gasteiger partial charge in [-0.25, -0.2) is 18.7 Å². The highest BCUT2D eigenvalue weighted by Crippen LogP contribution is 2.50. The van der Waals surface area contributed by atoms with E-state index in [2.05, 4.69) is 6.07 Å². The quantitative estimate of drug-likeness (QED) is 0.398.